The predicted octanol–water partition coefficient (Wildman–Crippen LogP) is 2.42. The van der Waals surface area contributed by atoms with E-state index in [2.05, 4.69) is 5.32 Å². The number of benzene rings is 1. The maximum Gasteiger partial charge on any atom is 0.326 e. The van der Waals surface area contributed by atoms with Crippen molar-refractivity contribution in [2.45, 2.75) is 25.8 Å². The van der Waals surface area contributed by atoms with E-state index in [1.165, 1.54) is 0 Å². The van der Waals surface area contributed by atoms with Crippen LogP contribution in [0, 0.1) is 0 Å². The molecule has 1 N–H and O–H groups in total. The van der Waals surface area contributed by atoms with Crippen molar-refractivity contribution in [2.75, 3.05) is 13.7 Å². The van der Waals surface area contributed by atoms with Gasteiger partial charge in [-0.3, -0.25) is 4.79 Å². The van der Waals surface area contributed by atoms with Gasteiger partial charge in [0.25, 0.3) is 0 Å². The number of carbonyl (C=O) groups is 1. The van der Waals surface area contributed by atoms with Gasteiger partial charge in [0.1, 0.15) is 5.54 Å². The minimum atomic E-state index is -0.705. The van der Waals surface area contributed by atoms with Crippen LogP contribution in [0.4, 0.5) is 0 Å². The van der Waals surface area contributed by atoms with E-state index in [4.69, 9.17) is 16.3 Å². The summed E-state index contributed by atoms with van der Waals surface area (Å²) in [5.41, 5.74) is 0.336. The van der Waals surface area contributed by atoms with Crippen LogP contribution < -0.4 is 5.32 Å². The van der Waals surface area contributed by atoms with E-state index >= 15 is 0 Å². The topological polar surface area (TPSA) is 38.3 Å². The van der Waals surface area contributed by atoms with Gasteiger partial charge in [-0.1, -0.05) is 23.7 Å². The number of likely N-dealkylation sites (N-methyl/N-ethyl adjacent to an activating group) is 1. The summed E-state index contributed by atoms with van der Waals surface area (Å²) in [4.78, 5) is 11.9. The molecule has 0 radical (unpaired) electrons. The molecule has 0 spiro atoms. The molecule has 4 heteroatoms. The van der Waals surface area contributed by atoms with Crippen molar-refractivity contribution in [3.05, 3.63) is 34.9 Å². The van der Waals surface area contributed by atoms with Crippen LogP contribution in [0.25, 0.3) is 0 Å². The van der Waals surface area contributed by atoms with Crippen molar-refractivity contribution >= 4 is 17.6 Å². The van der Waals surface area contributed by atoms with Gasteiger partial charge in [-0.15, -0.1) is 0 Å². The number of carbonyl (C=O) groups excluding carboxylic acids is 1. The molecule has 94 valence electrons. The zero-order valence-corrected chi connectivity index (χ0v) is 11.2. The zero-order chi connectivity index (χ0) is 12.9. The summed E-state index contributed by atoms with van der Waals surface area (Å²) in [6.07, 6.45) is 0.569. The number of ether oxygens (including phenoxy) is 1. The normalized spacial score (nSPS) is 14.1. The fourth-order valence-corrected chi connectivity index (χ4v) is 1.69. The fourth-order valence-electron chi connectivity index (χ4n) is 1.56. The highest BCUT2D eigenvalue weighted by atomic mass is 35.5. The molecular weight excluding hydrogens is 238 g/mol. The van der Waals surface area contributed by atoms with E-state index in [-0.39, 0.29) is 5.97 Å². The van der Waals surface area contributed by atoms with Gasteiger partial charge in [0.2, 0.25) is 0 Å². The summed E-state index contributed by atoms with van der Waals surface area (Å²) < 4.78 is 5.07. The van der Waals surface area contributed by atoms with Crippen LogP contribution in [0.15, 0.2) is 24.3 Å². The first-order valence-electron chi connectivity index (χ1n) is 5.62. The molecule has 1 atom stereocenters. The lowest BCUT2D eigenvalue weighted by molar-refractivity contribution is -0.150. The summed E-state index contributed by atoms with van der Waals surface area (Å²) in [5, 5.41) is 3.71. The van der Waals surface area contributed by atoms with Crippen LogP contribution >= 0.6 is 11.6 Å². The molecule has 1 unspecified atom stereocenters. The third-order valence-corrected chi connectivity index (χ3v) is 3.00. The van der Waals surface area contributed by atoms with Crippen LogP contribution in [0.2, 0.25) is 5.02 Å². The molecule has 3 nitrogen and oxygen atoms in total. The number of hydrogen-bond donors (Lipinski definition) is 1. The predicted molar refractivity (Wildman–Crippen MR) is 69.3 cm³/mol. The Morgan fingerprint density at radius 2 is 2.00 bits per heavy atom. The van der Waals surface area contributed by atoms with Crippen molar-refractivity contribution in [2.24, 2.45) is 0 Å². The second-order valence-corrected chi connectivity index (χ2v) is 4.54. The Labute approximate surface area is 107 Å². The maximum absolute atomic E-state index is 11.9. The molecule has 1 aromatic carbocycles. The lowest BCUT2D eigenvalue weighted by Gasteiger charge is -2.26. The molecule has 1 rings (SSSR count). The van der Waals surface area contributed by atoms with Crippen molar-refractivity contribution in [3.8, 4) is 0 Å². The quantitative estimate of drug-likeness (QED) is 0.822. The van der Waals surface area contributed by atoms with Gasteiger partial charge in [-0.2, -0.15) is 0 Å². The Balaban J connectivity index is 2.81. The monoisotopic (exact) mass is 255 g/mol. The maximum atomic E-state index is 11.9. The minimum absolute atomic E-state index is 0.238. The molecular formula is C13H18ClNO2. The van der Waals surface area contributed by atoms with E-state index in [0.29, 0.717) is 18.1 Å². The highest BCUT2D eigenvalue weighted by Gasteiger charge is 2.33. The average molecular weight is 256 g/mol. The summed E-state index contributed by atoms with van der Waals surface area (Å²) in [6, 6.07) is 7.46. The number of hydrogen-bond acceptors (Lipinski definition) is 3. The van der Waals surface area contributed by atoms with E-state index in [1.54, 1.807) is 14.0 Å². The van der Waals surface area contributed by atoms with Gasteiger partial charge in [0.05, 0.1) is 6.61 Å². The van der Waals surface area contributed by atoms with Gasteiger partial charge in [-0.25, -0.2) is 0 Å². The summed E-state index contributed by atoms with van der Waals surface area (Å²) in [5.74, 6) is -0.238. The van der Waals surface area contributed by atoms with Gasteiger partial charge in [0.15, 0.2) is 0 Å². The average Bonchev–Trinajstić information content (AvgIpc) is 2.32. The summed E-state index contributed by atoms with van der Waals surface area (Å²) >= 11 is 5.82. The number of nitrogens with one attached hydrogen (secondary N) is 1. The molecule has 0 aliphatic rings. The lowest BCUT2D eigenvalue weighted by atomic mass is 9.93. The molecule has 17 heavy (non-hydrogen) atoms. The Bertz CT molecular complexity index is 378. The lowest BCUT2D eigenvalue weighted by Crippen LogP contribution is -2.50. The molecule has 0 aromatic heterocycles. The van der Waals surface area contributed by atoms with Crippen molar-refractivity contribution < 1.29 is 9.53 Å². The molecule has 0 aliphatic heterocycles. The minimum Gasteiger partial charge on any atom is -0.465 e. The Morgan fingerprint density at radius 1 is 1.41 bits per heavy atom. The van der Waals surface area contributed by atoms with Gasteiger partial charge in [0, 0.05) is 11.4 Å². The zero-order valence-electron chi connectivity index (χ0n) is 10.4. The molecule has 0 aliphatic carbocycles. The second-order valence-electron chi connectivity index (χ2n) is 4.11. The molecule has 0 amide bonds. The molecule has 0 saturated heterocycles. The third-order valence-electron chi connectivity index (χ3n) is 2.75. The SMILES string of the molecule is CCOC(=O)C(C)(Cc1ccc(Cl)cc1)NC. The Hall–Kier alpha value is -1.06. The number of halogens is 1. The number of esters is 1. The largest absolute Gasteiger partial charge is 0.465 e. The highest BCUT2D eigenvalue weighted by Crippen LogP contribution is 2.17. The Kier molecular flexibility index (Phi) is 4.97. The standard InChI is InChI=1S/C13H18ClNO2/c1-4-17-12(16)13(2,15-3)9-10-5-7-11(14)8-6-10/h5-8,15H,4,9H2,1-3H3. The van der Waals surface area contributed by atoms with E-state index < -0.39 is 5.54 Å². The molecule has 0 saturated carbocycles. The van der Waals surface area contributed by atoms with Gasteiger partial charge in [-0.05, 0) is 38.6 Å². The smallest absolute Gasteiger partial charge is 0.326 e. The van der Waals surface area contributed by atoms with Crippen LogP contribution in [0.5, 0.6) is 0 Å². The van der Waals surface area contributed by atoms with Crippen LogP contribution in [-0.4, -0.2) is 25.2 Å². The summed E-state index contributed by atoms with van der Waals surface area (Å²) in [7, 11) is 1.76. The van der Waals surface area contributed by atoms with E-state index in [9.17, 15) is 4.79 Å². The molecule has 0 fully saturated rings. The van der Waals surface area contributed by atoms with Gasteiger partial charge >= 0.3 is 5.97 Å². The van der Waals surface area contributed by atoms with E-state index in [0.717, 1.165) is 5.56 Å². The first kappa shape index (κ1) is 14.0. The van der Waals surface area contributed by atoms with Crippen LogP contribution in [-0.2, 0) is 16.0 Å². The highest BCUT2D eigenvalue weighted by molar-refractivity contribution is 6.30. The Morgan fingerprint density at radius 3 is 2.47 bits per heavy atom. The van der Waals surface area contributed by atoms with Crippen molar-refractivity contribution in [3.63, 3.8) is 0 Å². The summed E-state index contributed by atoms with van der Waals surface area (Å²) in [6.45, 7) is 4.02. The van der Waals surface area contributed by atoms with E-state index in [1.807, 2.05) is 31.2 Å². The first-order chi connectivity index (χ1) is 8.01. The van der Waals surface area contributed by atoms with Crippen molar-refractivity contribution in [1.82, 2.24) is 5.32 Å². The first-order valence-corrected chi connectivity index (χ1v) is 6.00. The molecule has 1 aromatic rings. The second kappa shape index (κ2) is 6.03. The molecule has 0 heterocycles. The number of rotatable bonds is 5. The molecule has 0 bridgehead atoms. The fraction of sp³-hybridized carbons (Fsp3) is 0.462. The third kappa shape index (κ3) is 3.72. The van der Waals surface area contributed by atoms with Crippen LogP contribution in [0.1, 0.15) is 19.4 Å². The van der Waals surface area contributed by atoms with Crippen LogP contribution in [0.3, 0.4) is 0 Å². The van der Waals surface area contributed by atoms with Crippen molar-refractivity contribution in [1.29, 1.82) is 0 Å². The van der Waals surface area contributed by atoms with Gasteiger partial charge < -0.3 is 10.1 Å².